The van der Waals surface area contributed by atoms with Crippen LogP contribution < -0.4 is 0 Å². The summed E-state index contributed by atoms with van der Waals surface area (Å²) in [6.07, 6.45) is 6.71. The molecule has 1 aliphatic heterocycles. The van der Waals surface area contributed by atoms with E-state index in [0.717, 1.165) is 50.8 Å². The lowest BCUT2D eigenvalue weighted by Crippen LogP contribution is -2.22. The molecule has 2 fully saturated rings. The van der Waals surface area contributed by atoms with Gasteiger partial charge in [0.1, 0.15) is 0 Å². The molecule has 5 heteroatoms. The van der Waals surface area contributed by atoms with E-state index >= 15 is 0 Å². The Balaban J connectivity index is 2.37. The van der Waals surface area contributed by atoms with Crippen molar-refractivity contribution in [2.75, 3.05) is 27.3 Å². The van der Waals surface area contributed by atoms with Gasteiger partial charge in [0.2, 0.25) is 0 Å². The normalized spacial score (nSPS) is 18.6. The van der Waals surface area contributed by atoms with Crippen molar-refractivity contribution in [3.63, 3.8) is 0 Å². The van der Waals surface area contributed by atoms with E-state index in [0.29, 0.717) is 11.1 Å². The summed E-state index contributed by atoms with van der Waals surface area (Å²) in [4.78, 5) is 26.1. The zero-order chi connectivity index (χ0) is 14.5. The maximum atomic E-state index is 12.0. The van der Waals surface area contributed by atoms with Gasteiger partial charge in [0.05, 0.1) is 25.4 Å². The average molecular weight is 279 g/mol. The first kappa shape index (κ1) is 14.6. The Kier molecular flexibility index (Phi) is 4.82. The highest BCUT2D eigenvalue weighted by molar-refractivity contribution is 6.07. The lowest BCUT2D eigenvalue weighted by Gasteiger charge is -2.23. The van der Waals surface area contributed by atoms with Crippen LogP contribution in [0.25, 0.3) is 0 Å². The summed E-state index contributed by atoms with van der Waals surface area (Å²) in [5.41, 5.74) is 1.72. The molecule has 1 aliphatic carbocycles. The van der Waals surface area contributed by atoms with Crippen LogP contribution in [0.15, 0.2) is 22.9 Å². The Morgan fingerprint density at radius 2 is 1.60 bits per heavy atom. The number of carbonyl (C=O) groups is 2. The summed E-state index contributed by atoms with van der Waals surface area (Å²) < 4.78 is 9.69. The van der Waals surface area contributed by atoms with Crippen molar-refractivity contribution in [2.45, 2.75) is 32.1 Å². The van der Waals surface area contributed by atoms with Crippen molar-refractivity contribution in [3.8, 4) is 0 Å². The molecule has 110 valence electrons. The van der Waals surface area contributed by atoms with Crippen LogP contribution in [0.2, 0.25) is 0 Å². The van der Waals surface area contributed by atoms with E-state index in [2.05, 4.69) is 4.90 Å². The number of nitrogens with zero attached hydrogens (tertiary/aromatic N) is 1. The highest BCUT2D eigenvalue weighted by Gasteiger charge is 2.29. The van der Waals surface area contributed by atoms with Gasteiger partial charge in [0.15, 0.2) is 0 Å². The van der Waals surface area contributed by atoms with Crippen molar-refractivity contribution in [1.82, 2.24) is 4.90 Å². The first-order chi connectivity index (χ1) is 9.67. The second kappa shape index (κ2) is 6.59. The van der Waals surface area contributed by atoms with E-state index in [4.69, 9.17) is 9.47 Å². The van der Waals surface area contributed by atoms with Crippen LogP contribution in [-0.4, -0.2) is 44.1 Å². The minimum absolute atomic E-state index is 0.330. The molecule has 2 rings (SSSR count). The highest BCUT2D eigenvalue weighted by atomic mass is 16.5. The topological polar surface area (TPSA) is 55.8 Å². The van der Waals surface area contributed by atoms with Gasteiger partial charge in [-0.3, -0.25) is 0 Å². The minimum Gasteiger partial charge on any atom is -0.465 e. The van der Waals surface area contributed by atoms with Crippen molar-refractivity contribution in [2.24, 2.45) is 0 Å². The summed E-state index contributed by atoms with van der Waals surface area (Å²) in [6, 6.07) is 0. The number of allylic oxidation sites excluding steroid dienone is 1. The molecule has 0 aromatic carbocycles. The Labute approximate surface area is 119 Å². The van der Waals surface area contributed by atoms with Crippen LogP contribution >= 0.6 is 0 Å². The van der Waals surface area contributed by atoms with Gasteiger partial charge in [0.25, 0.3) is 0 Å². The first-order valence-electron chi connectivity index (χ1n) is 7.02. The fourth-order valence-corrected chi connectivity index (χ4v) is 2.53. The van der Waals surface area contributed by atoms with E-state index in [1.54, 1.807) is 6.20 Å². The molecule has 0 spiro atoms. The molecule has 0 unspecified atom stereocenters. The number of carbonyl (C=O) groups excluding carboxylic acids is 2. The third-order valence-electron chi connectivity index (χ3n) is 3.83. The van der Waals surface area contributed by atoms with Gasteiger partial charge in [-0.05, 0) is 32.1 Å². The summed E-state index contributed by atoms with van der Waals surface area (Å²) in [5.74, 6) is -0.924. The largest absolute Gasteiger partial charge is 0.465 e. The van der Waals surface area contributed by atoms with E-state index < -0.39 is 11.9 Å². The van der Waals surface area contributed by atoms with E-state index in [-0.39, 0.29) is 0 Å². The monoisotopic (exact) mass is 279 g/mol. The van der Waals surface area contributed by atoms with Crippen LogP contribution in [0.5, 0.6) is 0 Å². The second-order valence-corrected chi connectivity index (χ2v) is 5.10. The summed E-state index contributed by atoms with van der Waals surface area (Å²) >= 11 is 0. The van der Waals surface area contributed by atoms with Crippen LogP contribution in [0, 0.1) is 0 Å². The molecule has 1 saturated heterocycles. The molecule has 1 saturated carbocycles. The number of hydrogen-bond acceptors (Lipinski definition) is 5. The lowest BCUT2D eigenvalue weighted by atomic mass is 9.85. The van der Waals surface area contributed by atoms with E-state index in [1.807, 2.05) is 0 Å². The number of ether oxygens (including phenoxy) is 2. The predicted molar refractivity (Wildman–Crippen MR) is 73.8 cm³/mol. The SMILES string of the molecule is COC(=O)C(=C1CCC1)/C(=C/N1CCCC1)C(=O)OC. The van der Waals surface area contributed by atoms with Crippen molar-refractivity contribution < 1.29 is 19.1 Å². The lowest BCUT2D eigenvalue weighted by molar-refractivity contribution is -0.139. The summed E-state index contributed by atoms with van der Waals surface area (Å²) in [6.45, 7) is 1.81. The Hall–Kier alpha value is -1.78. The first-order valence-corrected chi connectivity index (χ1v) is 7.02. The van der Waals surface area contributed by atoms with Gasteiger partial charge in [-0.2, -0.15) is 0 Å². The van der Waals surface area contributed by atoms with Gasteiger partial charge >= 0.3 is 11.9 Å². The van der Waals surface area contributed by atoms with Gasteiger partial charge in [-0.1, -0.05) is 5.57 Å². The van der Waals surface area contributed by atoms with Crippen LogP contribution in [0.1, 0.15) is 32.1 Å². The van der Waals surface area contributed by atoms with Crippen molar-refractivity contribution in [3.05, 3.63) is 22.9 Å². The molecule has 0 bridgehead atoms. The minimum atomic E-state index is -0.475. The van der Waals surface area contributed by atoms with Crippen molar-refractivity contribution in [1.29, 1.82) is 0 Å². The number of hydrogen-bond donors (Lipinski definition) is 0. The molecule has 0 radical (unpaired) electrons. The standard InChI is InChI=1S/C15H21NO4/c1-19-14(17)12(10-16-8-3-4-9-16)13(15(18)20-2)11-6-5-7-11/h10H,3-9H2,1-2H3/b12-10-. The molecular weight excluding hydrogens is 258 g/mol. The number of rotatable bonds is 4. The number of esters is 2. The number of likely N-dealkylation sites (tertiary alicyclic amines) is 1. The maximum Gasteiger partial charge on any atom is 0.340 e. The van der Waals surface area contributed by atoms with Crippen LogP contribution in [0.3, 0.4) is 0 Å². The molecule has 0 N–H and O–H groups in total. The Morgan fingerprint density at radius 1 is 1.00 bits per heavy atom. The molecule has 0 amide bonds. The number of methoxy groups -OCH3 is 2. The molecule has 0 atom stereocenters. The average Bonchev–Trinajstić information content (AvgIpc) is 2.91. The highest BCUT2D eigenvalue weighted by Crippen LogP contribution is 2.33. The molecule has 1 heterocycles. The maximum absolute atomic E-state index is 12.0. The molecular formula is C15H21NO4. The fraction of sp³-hybridized carbons (Fsp3) is 0.600. The molecule has 20 heavy (non-hydrogen) atoms. The van der Waals surface area contributed by atoms with Gasteiger partial charge in [-0.25, -0.2) is 9.59 Å². The van der Waals surface area contributed by atoms with Crippen LogP contribution in [-0.2, 0) is 19.1 Å². The third kappa shape index (κ3) is 3.03. The van der Waals surface area contributed by atoms with Gasteiger partial charge in [-0.15, -0.1) is 0 Å². The van der Waals surface area contributed by atoms with Crippen LogP contribution in [0.4, 0.5) is 0 Å². The third-order valence-corrected chi connectivity index (χ3v) is 3.83. The Bertz CT molecular complexity index is 452. The zero-order valence-corrected chi connectivity index (χ0v) is 12.1. The molecule has 0 aromatic rings. The quantitative estimate of drug-likeness (QED) is 0.580. The second-order valence-electron chi connectivity index (χ2n) is 5.10. The van der Waals surface area contributed by atoms with E-state index in [1.165, 1.54) is 14.2 Å². The molecule has 5 nitrogen and oxygen atoms in total. The predicted octanol–water partition coefficient (Wildman–Crippen LogP) is 1.79. The van der Waals surface area contributed by atoms with E-state index in [9.17, 15) is 9.59 Å². The van der Waals surface area contributed by atoms with Crippen molar-refractivity contribution >= 4 is 11.9 Å². The summed E-state index contributed by atoms with van der Waals surface area (Å²) in [7, 11) is 2.67. The fourth-order valence-electron chi connectivity index (χ4n) is 2.53. The zero-order valence-electron chi connectivity index (χ0n) is 12.1. The molecule has 2 aliphatic rings. The van der Waals surface area contributed by atoms with Gasteiger partial charge in [0, 0.05) is 19.3 Å². The van der Waals surface area contributed by atoms with Gasteiger partial charge < -0.3 is 14.4 Å². The molecule has 0 aromatic heterocycles. The summed E-state index contributed by atoms with van der Waals surface area (Å²) in [5, 5.41) is 0. The smallest absolute Gasteiger partial charge is 0.340 e. The Morgan fingerprint density at radius 3 is 2.05 bits per heavy atom.